The SMILES string of the molecule is CC(c1ccccc1)C(O)CCN1CCC1. The quantitative estimate of drug-likeness (QED) is 0.821. The number of hydrogen-bond donors (Lipinski definition) is 1. The Morgan fingerprint density at radius 2 is 1.94 bits per heavy atom. The minimum absolute atomic E-state index is 0.219. The normalized spacial score (nSPS) is 20.1. The molecule has 16 heavy (non-hydrogen) atoms. The van der Waals surface area contributed by atoms with Crippen LogP contribution in [0.4, 0.5) is 0 Å². The van der Waals surface area contributed by atoms with E-state index in [0.29, 0.717) is 0 Å². The van der Waals surface area contributed by atoms with E-state index >= 15 is 0 Å². The van der Waals surface area contributed by atoms with Gasteiger partial charge in [0.25, 0.3) is 0 Å². The van der Waals surface area contributed by atoms with E-state index in [4.69, 9.17) is 0 Å². The van der Waals surface area contributed by atoms with Gasteiger partial charge < -0.3 is 10.0 Å². The molecule has 1 heterocycles. The number of aliphatic hydroxyl groups is 1. The summed E-state index contributed by atoms with van der Waals surface area (Å²) in [6.45, 7) is 5.58. The van der Waals surface area contributed by atoms with E-state index in [0.717, 1.165) is 13.0 Å². The van der Waals surface area contributed by atoms with Crippen LogP contribution in [0.5, 0.6) is 0 Å². The van der Waals surface area contributed by atoms with Gasteiger partial charge in [-0.05, 0) is 31.5 Å². The number of benzene rings is 1. The molecule has 0 spiro atoms. The second-order valence-electron chi connectivity index (χ2n) is 4.75. The molecule has 1 aliphatic rings. The topological polar surface area (TPSA) is 23.5 Å². The Morgan fingerprint density at radius 1 is 1.25 bits per heavy atom. The Labute approximate surface area is 97.9 Å². The summed E-state index contributed by atoms with van der Waals surface area (Å²) >= 11 is 0. The Morgan fingerprint density at radius 3 is 2.50 bits per heavy atom. The van der Waals surface area contributed by atoms with Crippen molar-refractivity contribution in [2.75, 3.05) is 19.6 Å². The molecule has 1 N–H and O–H groups in total. The van der Waals surface area contributed by atoms with Crippen LogP contribution in [0.25, 0.3) is 0 Å². The van der Waals surface area contributed by atoms with Crippen molar-refractivity contribution in [1.29, 1.82) is 0 Å². The fourth-order valence-electron chi connectivity index (χ4n) is 2.15. The maximum absolute atomic E-state index is 10.1. The molecule has 1 aromatic rings. The van der Waals surface area contributed by atoms with Gasteiger partial charge in [0.2, 0.25) is 0 Å². The minimum atomic E-state index is -0.219. The van der Waals surface area contributed by atoms with E-state index < -0.39 is 0 Å². The highest BCUT2D eigenvalue weighted by molar-refractivity contribution is 5.19. The van der Waals surface area contributed by atoms with Gasteiger partial charge in [-0.25, -0.2) is 0 Å². The summed E-state index contributed by atoms with van der Waals surface area (Å²) in [7, 11) is 0. The van der Waals surface area contributed by atoms with Crippen molar-refractivity contribution in [1.82, 2.24) is 4.90 Å². The molecule has 1 aliphatic heterocycles. The van der Waals surface area contributed by atoms with Gasteiger partial charge in [0.15, 0.2) is 0 Å². The summed E-state index contributed by atoms with van der Waals surface area (Å²) in [5.74, 6) is 0.238. The Bertz CT molecular complexity index is 308. The standard InChI is InChI=1S/C14H21NO/c1-12(13-6-3-2-4-7-13)14(16)8-11-15-9-5-10-15/h2-4,6-7,12,14,16H,5,8-11H2,1H3. The average molecular weight is 219 g/mol. The molecule has 0 saturated carbocycles. The van der Waals surface area contributed by atoms with E-state index in [2.05, 4.69) is 24.0 Å². The van der Waals surface area contributed by atoms with Crippen LogP contribution in [0.15, 0.2) is 30.3 Å². The van der Waals surface area contributed by atoms with E-state index in [1.807, 2.05) is 18.2 Å². The highest BCUT2D eigenvalue weighted by atomic mass is 16.3. The number of aliphatic hydroxyl groups excluding tert-OH is 1. The average Bonchev–Trinajstić information content (AvgIpc) is 2.27. The lowest BCUT2D eigenvalue weighted by molar-refractivity contribution is 0.101. The molecule has 0 radical (unpaired) electrons. The highest BCUT2D eigenvalue weighted by Gasteiger charge is 2.19. The number of likely N-dealkylation sites (tertiary alicyclic amines) is 1. The zero-order valence-electron chi connectivity index (χ0n) is 9.97. The number of rotatable bonds is 5. The first kappa shape index (κ1) is 11.6. The van der Waals surface area contributed by atoms with Crippen molar-refractivity contribution in [3.05, 3.63) is 35.9 Å². The molecule has 0 amide bonds. The van der Waals surface area contributed by atoms with Crippen LogP contribution in [0.1, 0.15) is 31.2 Å². The van der Waals surface area contributed by atoms with Crippen LogP contribution in [0, 0.1) is 0 Å². The van der Waals surface area contributed by atoms with Crippen LogP contribution in [-0.2, 0) is 0 Å². The summed E-state index contributed by atoms with van der Waals surface area (Å²) in [5, 5.41) is 10.1. The van der Waals surface area contributed by atoms with Gasteiger partial charge in [0.1, 0.15) is 0 Å². The van der Waals surface area contributed by atoms with Gasteiger partial charge in [-0.3, -0.25) is 0 Å². The molecule has 2 rings (SSSR count). The predicted molar refractivity (Wildman–Crippen MR) is 66.5 cm³/mol. The molecule has 2 heteroatoms. The van der Waals surface area contributed by atoms with E-state index in [1.54, 1.807) is 0 Å². The monoisotopic (exact) mass is 219 g/mol. The first-order valence-electron chi connectivity index (χ1n) is 6.23. The van der Waals surface area contributed by atoms with Crippen molar-refractivity contribution in [2.24, 2.45) is 0 Å². The lowest BCUT2D eigenvalue weighted by atomic mass is 9.93. The smallest absolute Gasteiger partial charge is 0.0618 e. The van der Waals surface area contributed by atoms with Crippen molar-refractivity contribution < 1.29 is 5.11 Å². The second-order valence-corrected chi connectivity index (χ2v) is 4.75. The molecule has 2 nitrogen and oxygen atoms in total. The molecule has 1 aromatic carbocycles. The van der Waals surface area contributed by atoms with Crippen LogP contribution >= 0.6 is 0 Å². The highest BCUT2D eigenvalue weighted by Crippen LogP contribution is 2.21. The van der Waals surface area contributed by atoms with Crippen molar-refractivity contribution >= 4 is 0 Å². The maximum atomic E-state index is 10.1. The Kier molecular flexibility index (Phi) is 3.97. The summed E-state index contributed by atoms with van der Waals surface area (Å²) in [6.07, 6.45) is 1.99. The summed E-state index contributed by atoms with van der Waals surface area (Å²) in [6, 6.07) is 10.3. The Balaban J connectivity index is 1.81. The van der Waals surface area contributed by atoms with E-state index in [1.165, 1.54) is 25.1 Å². The van der Waals surface area contributed by atoms with Crippen LogP contribution in [-0.4, -0.2) is 35.7 Å². The van der Waals surface area contributed by atoms with E-state index in [9.17, 15) is 5.11 Å². The van der Waals surface area contributed by atoms with Gasteiger partial charge >= 0.3 is 0 Å². The van der Waals surface area contributed by atoms with Crippen LogP contribution < -0.4 is 0 Å². The number of hydrogen-bond acceptors (Lipinski definition) is 2. The second kappa shape index (κ2) is 5.46. The van der Waals surface area contributed by atoms with E-state index in [-0.39, 0.29) is 12.0 Å². The van der Waals surface area contributed by atoms with Crippen molar-refractivity contribution in [3.8, 4) is 0 Å². The van der Waals surface area contributed by atoms with Crippen molar-refractivity contribution in [2.45, 2.75) is 31.8 Å². The lowest BCUT2D eigenvalue weighted by Crippen LogP contribution is -2.39. The van der Waals surface area contributed by atoms with Gasteiger partial charge in [-0.15, -0.1) is 0 Å². The molecule has 2 atom stereocenters. The molecule has 0 aromatic heterocycles. The molecule has 0 bridgehead atoms. The van der Waals surface area contributed by atoms with Gasteiger partial charge in [0, 0.05) is 12.5 Å². The van der Waals surface area contributed by atoms with Crippen LogP contribution in [0.3, 0.4) is 0 Å². The third kappa shape index (κ3) is 2.83. The molecular formula is C14H21NO. The first-order valence-corrected chi connectivity index (χ1v) is 6.23. The van der Waals surface area contributed by atoms with Crippen LogP contribution in [0.2, 0.25) is 0 Å². The largest absolute Gasteiger partial charge is 0.392 e. The number of nitrogens with zero attached hydrogens (tertiary/aromatic N) is 1. The molecule has 1 saturated heterocycles. The zero-order chi connectivity index (χ0) is 11.4. The summed E-state index contributed by atoms with van der Waals surface area (Å²) < 4.78 is 0. The van der Waals surface area contributed by atoms with Gasteiger partial charge in [-0.1, -0.05) is 37.3 Å². The molecular weight excluding hydrogens is 198 g/mol. The summed E-state index contributed by atoms with van der Waals surface area (Å²) in [5.41, 5.74) is 1.23. The van der Waals surface area contributed by atoms with Gasteiger partial charge in [-0.2, -0.15) is 0 Å². The lowest BCUT2D eigenvalue weighted by Gasteiger charge is -2.32. The fraction of sp³-hybridized carbons (Fsp3) is 0.571. The third-order valence-corrected chi connectivity index (χ3v) is 3.59. The molecule has 0 aliphatic carbocycles. The zero-order valence-corrected chi connectivity index (χ0v) is 9.97. The minimum Gasteiger partial charge on any atom is -0.392 e. The molecule has 2 unspecified atom stereocenters. The van der Waals surface area contributed by atoms with Crippen molar-refractivity contribution in [3.63, 3.8) is 0 Å². The predicted octanol–water partition coefficient (Wildman–Crippen LogP) is 2.25. The molecule has 88 valence electrons. The Hall–Kier alpha value is -0.860. The van der Waals surface area contributed by atoms with Gasteiger partial charge in [0.05, 0.1) is 6.10 Å². The maximum Gasteiger partial charge on any atom is 0.0618 e. The fourth-order valence-corrected chi connectivity index (χ4v) is 2.15. The molecule has 1 fully saturated rings. The summed E-state index contributed by atoms with van der Waals surface area (Å²) in [4.78, 5) is 2.40. The first-order chi connectivity index (χ1) is 7.77. The third-order valence-electron chi connectivity index (χ3n) is 3.59.